The lowest BCUT2D eigenvalue weighted by molar-refractivity contribution is 0.0867. The van der Waals surface area contributed by atoms with Crippen LogP contribution in [0.2, 0.25) is 0 Å². The minimum absolute atomic E-state index is 0.0251. The van der Waals surface area contributed by atoms with E-state index in [0.717, 1.165) is 5.69 Å². The summed E-state index contributed by atoms with van der Waals surface area (Å²) in [5, 5.41) is 13.8. The van der Waals surface area contributed by atoms with Gasteiger partial charge in [-0.25, -0.2) is 4.98 Å². The SMILES string of the molecule is CC(C)(CO)NC(=O)c1cnc2scc(C(C)(C)C)n2c1=O. The Kier molecular flexibility index (Phi) is 4.14. The van der Waals surface area contributed by atoms with E-state index in [1.165, 1.54) is 21.9 Å². The monoisotopic (exact) mass is 323 g/mol. The fourth-order valence-corrected chi connectivity index (χ4v) is 3.06. The van der Waals surface area contributed by atoms with E-state index in [1.54, 1.807) is 13.8 Å². The van der Waals surface area contributed by atoms with E-state index < -0.39 is 11.4 Å². The molecule has 0 saturated carbocycles. The Morgan fingerprint density at radius 1 is 1.36 bits per heavy atom. The molecule has 2 N–H and O–H groups in total. The number of aromatic nitrogens is 2. The second-order valence-electron chi connectivity index (χ2n) is 6.96. The van der Waals surface area contributed by atoms with Crippen molar-refractivity contribution in [1.29, 1.82) is 0 Å². The van der Waals surface area contributed by atoms with Crippen LogP contribution in [0, 0.1) is 0 Å². The van der Waals surface area contributed by atoms with Gasteiger partial charge in [0.2, 0.25) is 0 Å². The third kappa shape index (κ3) is 3.05. The average molecular weight is 323 g/mol. The summed E-state index contributed by atoms with van der Waals surface area (Å²) in [4.78, 5) is 29.7. The number of carbonyl (C=O) groups is 1. The molecule has 0 bridgehead atoms. The van der Waals surface area contributed by atoms with E-state index in [1.807, 2.05) is 26.2 Å². The van der Waals surface area contributed by atoms with Crippen LogP contribution in [0.4, 0.5) is 0 Å². The quantitative estimate of drug-likeness (QED) is 0.898. The Balaban J connectivity index is 2.56. The molecule has 1 amide bonds. The van der Waals surface area contributed by atoms with Crippen molar-refractivity contribution in [2.45, 2.75) is 45.6 Å². The molecule has 0 atom stereocenters. The zero-order chi connectivity index (χ0) is 16.7. The number of fused-ring (bicyclic) bond motifs is 1. The van der Waals surface area contributed by atoms with Crippen molar-refractivity contribution in [3.8, 4) is 0 Å². The van der Waals surface area contributed by atoms with Crippen molar-refractivity contribution in [2.24, 2.45) is 0 Å². The van der Waals surface area contributed by atoms with Crippen LogP contribution in [-0.2, 0) is 5.41 Å². The highest BCUT2D eigenvalue weighted by molar-refractivity contribution is 7.15. The zero-order valence-electron chi connectivity index (χ0n) is 13.4. The number of hydrogen-bond acceptors (Lipinski definition) is 5. The van der Waals surface area contributed by atoms with E-state index in [2.05, 4.69) is 10.3 Å². The Morgan fingerprint density at radius 2 is 2.00 bits per heavy atom. The van der Waals surface area contributed by atoms with E-state index >= 15 is 0 Å². The van der Waals surface area contributed by atoms with Gasteiger partial charge in [-0.2, -0.15) is 0 Å². The van der Waals surface area contributed by atoms with Gasteiger partial charge in [0.15, 0.2) is 4.96 Å². The molecule has 6 nitrogen and oxygen atoms in total. The molecule has 2 rings (SSSR count). The molecule has 120 valence electrons. The molecule has 0 aliphatic heterocycles. The van der Waals surface area contributed by atoms with Gasteiger partial charge in [-0.15, -0.1) is 11.3 Å². The Bertz CT molecular complexity index is 768. The third-order valence-electron chi connectivity index (χ3n) is 3.31. The van der Waals surface area contributed by atoms with Crippen molar-refractivity contribution >= 4 is 22.2 Å². The molecule has 2 heterocycles. The molecule has 0 fully saturated rings. The molecule has 22 heavy (non-hydrogen) atoms. The molecule has 0 aliphatic carbocycles. The lowest BCUT2D eigenvalue weighted by Gasteiger charge is -2.23. The van der Waals surface area contributed by atoms with Gasteiger partial charge in [0.25, 0.3) is 11.5 Å². The molecular formula is C15H21N3O3S. The predicted molar refractivity (Wildman–Crippen MR) is 86.7 cm³/mol. The second-order valence-corrected chi connectivity index (χ2v) is 7.80. The number of nitrogens with one attached hydrogen (secondary N) is 1. The smallest absolute Gasteiger partial charge is 0.271 e. The number of aliphatic hydroxyl groups is 1. The summed E-state index contributed by atoms with van der Waals surface area (Å²) in [7, 11) is 0. The van der Waals surface area contributed by atoms with Gasteiger partial charge < -0.3 is 10.4 Å². The summed E-state index contributed by atoms with van der Waals surface area (Å²) in [6.07, 6.45) is 1.30. The van der Waals surface area contributed by atoms with E-state index in [9.17, 15) is 14.7 Å². The second kappa shape index (κ2) is 5.48. The number of hydrogen-bond donors (Lipinski definition) is 2. The summed E-state index contributed by atoms with van der Waals surface area (Å²) in [6.45, 7) is 9.15. The topological polar surface area (TPSA) is 83.7 Å². The summed E-state index contributed by atoms with van der Waals surface area (Å²) in [5.74, 6) is -0.531. The van der Waals surface area contributed by atoms with Crippen LogP contribution in [0.15, 0.2) is 16.4 Å². The molecule has 7 heteroatoms. The Morgan fingerprint density at radius 3 is 2.55 bits per heavy atom. The first-order valence-electron chi connectivity index (χ1n) is 7.00. The fraction of sp³-hybridized carbons (Fsp3) is 0.533. The van der Waals surface area contributed by atoms with Crippen molar-refractivity contribution in [1.82, 2.24) is 14.7 Å². The minimum atomic E-state index is -0.801. The van der Waals surface area contributed by atoms with Gasteiger partial charge >= 0.3 is 0 Å². The predicted octanol–water partition coefficient (Wildman–Crippen LogP) is 1.55. The number of nitrogens with zero attached hydrogens (tertiary/aromatic N) is 2. The van der Waals surface area contributed by atoms with Crippen LogP contribution >= 0.6 is 11.3 Å². The molecule has 0 aliphatic rings. The highest BCUT2D eigenvalue weighted by atomic mass is 32.1. The van der Waals surface area contributed by atoms with Gasteiger partial charge in [-0.05, 0) is 13.8 Å². The number of thiazole rings is 1. The first-order valence-corrected chi connectivity index (χ1v) is 7.88. The number of aliphatic hydroxyl groups excluding tert-OH is 1. The number of carbonyl (C=O) groups excluding carboxylic acids is 1. The number of amides is 1. The van der Waals surface area contributed by atoms with E-state index in [-0.39, 0.29) is 23.1 Å². The van der Waals surface area contributed by atoms with Crippen molar-refractivity contribution in [2.75, 3.05) is 6.61 Å². The first-order chi connectivity index (χ1) is 10.1. The van der Waals surface area contributed by atoms with Gasteiger partial charge in [0.05, 0.1) is 12.1 Å². The van der Waals surface area contributed by atoms with Crippen LogP contribution in [-0.4, -0.2) is 32.5 Å². The summed E-state index contributed by atoms with van der Waals surface area (Å²) in [6, 6.07) is 0. The summed E-state index contributed by atoms with van der Waals surface area (Å²) in [5.41, 5.74) is -0.625. The third-order valence-corrected chi connectivity index (χ3v) is 4.15. The average Bonchev–Trinajstić information content (AvgIpc) is 2.83. The molecule has 0 saturated heterocycles. The molecule has 0 radical (unpaired) electrons. The van der Waals surface area contributed by atoms with Gasteiger partial charge in [-0.1, -0.05) is 20.8 Å². The zero-order valence-corrected chi connectivity index (χ0v) is 14.2. The lowest BCUT2D eigenvalue weighted by atomic mass is 9.93. The normalized spacial score (nSPS) is 12.6. The summed E-state index contributed by atoms with van der Waals surface area (Å²) < 4.78 is 1.49. The van der Waals surface area contributed by atoms with Crippen LogP contribution in [0.25, 0.3) is 4.96 Å². The molecular weight excluding hydrogens is 302 g/mol. The molecule has 2 aromatic heterocycles. The Hall–Kier alpha value is -1.73. The first kappa shape index (κ1) is 16.6. The Labute approximate surface area is 132 Å². The van der Waals surface area contributed by atoms with E-state index in [0.29, 0.717) is 4.96 Å². The van der Waals surface area contributed by atoms with Crippen LogP contribution in [0.1, 0.15) is 50.7 Å². The number of rotatable bonds is 3. The van der Waals surface area contributed by atoms with Crippen LogP contribution in [0.5, 0.6) is 0 Å². The molecule has 2 aromatic rings. The van der Waals surface area contributed by atoms with Gasteiger partial charge in [-0.3, -0.25) is 14.0 Å². The maximum absolute atomic E-state index is 12.7. The minimum Gasteiger partial charge on any atom is -0.394 e. The maximum atomic E-state index is 12.7. The maximum Gasteiger partial charge on any atom is 0.271 e. The molecule has 0 aromatic carbocycles. The van der Waals surface area contributed by atoms with E-state index in [4.69, 9.17) is 0 Å². The van der Waals surface area contributed by atoms with Crippen LogP contribution < -0.4 is 10.9 Å². The lowest BCUT2D eigenvalue weighted by Crippen LogP contribution is -2.47. The highest BCUT2D eigenvalue weighted by Crippen LogP contribution is 2.25. The highest BCUT2D eigenvalue weighted by Gasteiger charge is 2.25. The standard InChI is InChI=1S/C15H21N3O3S/c1-14(2,3)10-7-22-13-16-6-9(12(21)18(10)13)11(20)17-15(4,5)8-19/h6-7,19H,8H2,1-5H3,(H,17,20). The molecule has 0 spiro atoms. The van der Waals surface area contributed by atoms with Gasteiger partial charge in [0.1, 0.15) is 5.56 Å². The summed E-state index contributed by atoms with van der Waals surface area (Å²) >= 11 is 1.37. The van der Waals surface area contributed by atoms with Crippen molar-refractivity contribution < 1.29 is 9.90 Å². The largest absolute Gasteiger partial charge is 0.394 e. The van der Waals surface area contributed by atoms with Crippen molar-refractivity contribution in [3.05, 3.63) is 33.2 Å². The fourth-order valence-electron chi connectivity index (χ4n) is 1.98. The van der Waals surface area contributed by atoms with Crippen LogP contribution in [0.3, 0.4) is 0 Å². The van der Waals surface area contributed by atoms with Gasteiger partial charge in [0, 0.05) is 22.7 Å². The molecule has 0 unspecified atom stereocenters. The van der Waals surface area contributed by atoms with Crippen molar-refractivity contribution in [3.63, 3.8) is 0 Å².